The van der Waals surface area contributed by atoms with E-state index in [0.29, 0.717) is 37.1 Å². The maximum Gasteiger partial charge on any atom is 0.240 e. The van der Waals surface area contributed by atoms with Gasteiger partial charge in [-0.3, -0.25) is 4.90 Å². The van der Waals surface area contributed by atoms with Crippen molar-refractivity contribution in [2.75, 3.05) is 46.2 Å². The first-order valence-corrected chi connectivity index (χ1v) is 11.5. The van der Waals surface area contributed by atoms with E-state index in [0.717, 1.165) is 18.7 Å². The van der Waals surface area contributed by atoms with Gasteiger partial charge in [-0.25, -0.2) is 13.1 Å². The van der Waals surface area contributed by atoms with E-state index in [2.05, 4.69) is 9.62 Å². The van der Waals surface area contributed by atoms with Crippen molar-refractivity contribution < 1.29 is 27.4 Å². The lowest BCUT2D eigenvalue weighted by Crippen LogP contribution is -2.43. The lowest BCUT2D eigenvalue weighted by atomic mass is 10.0. The molecule has 1 atom stereocenters. The van der Waals surface area contributed by atoms with Crippen LogP contribution in [0.15, 0.2) is 47.4 Å². The zero-order valence-electron chi connectivity index (χ0n) is 16.9. The summed E-state index contributed by atoms with van der Waals surface area (Å²) >= 11 is 0. The molecule has 0 radical (unpaired) electrons. The Labute approximate surface area is 176 Å². The van der Waals surface area contributed by atoms with Crippen LogP contribution < -0.4 is 18.9 Å². The molecule has 8 nitrogen and oxygen atoms in total. The fourth-order valence-electron chi connectivity index (χ4n) is 3.62. The monoisotopic (exact) mass is 434 g/mol. The molecule has 0 amide bonds. The molecule has 2 aromatic carbocycles. The van der Waals surface area contributed by atoms with Crippen LogP contribution in [-0.4, -0.2) is 59.6 Å². The van der Waals surface area contributed by atoms with E-state index in [9.17, 15) is 8.42 Å². The van der Waals surface area contributed by atoms with Gasteiger partial charge in [-0.15, -0.1) is 0 Å². The summed E-state index contributed by atoms with van der Waals surface area (Å²) in [5, 5.41) is 0. The maximum atomic E-state index is 12.9. The molecule has 4 rings (SSSR count). The number of nitrogens with zero attached hydrogens (tertiary/aromatic N) is 1. The van der Waals surface area contributed by atoms with Gasteiger partial charge in [0, 0.05) is 25.7 Å². The van der Waals surface area contributed by atoms with Crippen LogP contribution in [-0.2, 0) is 14.8 Å². The first-order valence-electron chi connectivity index (χ1n) is 10.0. The molecule has 2 aliphatic heterocycles. The molecule has 0 saturated carbocycles. The molecule has 2 heterocycles. The van der Waals surface area contributed by atoms with Crippen molar-refractivity contribution in [3.8, 4) is 17.2 Å². The number of morpholine rings is 1. The molecule has 0 aromatic heterocycles. The summed E-state index contributed by atoms with van der Waals surface area (Å²) in [4.78, 5) is 2.43. The normalized spacial score (nSPS) is 17.6. The van der Waals surface area contributed by atoms with E-state index < -0.39 is 10.0 Å². The standard InChI is InChI=1S/C21H26N2O6S/c1-2-27-17-4-6-18(7-5-17)30(24,25)22-14-19(23-9-11-26-12-10-23)16-3-8-20-21(13-16)29-15-28-20/h3-8,13,19,22H,2,9-12,14-15H2,1H3/t19-/m0/s1. The summed E-state index contributed by atoms with van der Waals surface area (Å²) in [6.45, 7) is 5.53. The second-order valence-electron chi connectivity index (χ2n) is 7.03. The SMILES string of the molecule is CCOc1ccc(S(=O)(=O)NC[C@@H](c2ccc3c(c2)OCO3)N2CCOCC2)cc1. The predicted octanol–water partition coefficient (Wildman–Crippen LogP) is 2.17. The van der Waals surface area contributed by atoms with Crippen molar-refractivity contribution >= 4 is 10.0 Å². The summed E-state index contributed by atoms with van der Waals surface area (Å²) < 4.78 is 50.3. The number of rotatable bonds is 8. The fourth-order valence-corrected chi connectivity index (χ4v) is 4.66. The third kappa shape index (κ3) is 4.70. The number of fused-ring (bicyclic) bond motifs is 1. The van der Waals surface area contributed by atoms with Crippen molar-refractivity contribution in [1.82, 2.24) is 9.62 Å². The van der Waals surface area contributed by atoms with Crippen LogP contribution >= 0.6 is 0 Å². The molecule has 0 aliphatic carbocycles. The molecular weight excluding hydrogens is 408 g/mol. The Bertz CT molecular complexity index is 958. The van der Waals surface area contributed by atoms with Crippen molar-refractivity contribution in [2.45, 2.75) is 17.9 Å². The highest BCUT2D eigenvalue weighted by Crippen LogP contribution is 2.35. The summed E-state index contributed by atoms with van der Waals surface area (Å²) in [6, 6.07) is 12.0. The highest BCUT2D eigenvalue weighted by Gasteiger charge is 2.27. The van der Waals surface area contributed by atoms with Gasteiger partial charge in [-0.1, -0.05) is 6.07 Å². The van der Waals surface area contributed by atoms with Gasteiger partial charge in [0.2, 0.25) is 16.8 Å². The van der Waals surface area contributed by atoms with Gasteiger partial charge in [-0.05, 0) is 48.9 Å². The number of hydrogen-bond acceptors (Lipinski definition) is 7. The first-order chi connectivity index (χ1) is 14.6. The molecule has 1 saturated heterocycles. The number of sulfonamides is 1. The molecular formula is C21H26N2O6S. The van der Waals surface area contributed by atoms with Gasteiger partial charge in [0.1, 0.15) is 5.75 Å². The smallest absolute Gasteiger partial charge is 0.240 e. The minimum atomic E-state index is -3.66. The third-order valence-corrected chi connectivity index (χ3v) is 6.62. The molecule has 2 aliphatic rings. The van der Waals surface area contributed by atoms with Crippen LogP contribution in [0.3, 0.4) is 0 Å². The quantitative estimate of drug-likeness (QED) is 0.681. The fraction of sp³-hybridized carbons (Fsp3) is 0.429. The highest BCUT2D eigenvalue weighted by atomic mass is 32.2. The van der Waals surface area contributed by atoms with Crippen LogP contribution in [0.25, 0.3) is 0 Å². The number of benzene rings is 2. The number of ether oxygens (including phenoxy) is 4. The van der Waals surface area contributed by atoms with E-state index in [1.807, 2.05) is 25.1 Å². The van der Waals surface area contributed by atoms with Crippen LogP contribution in [0.2, 0.25) is 0 Å². The molecule has 162 valence electrons. The Hall–Kier alpha value is -2.33. The second-order valence-corrected chi connectivity index (χ2v) is 8.80. The summed E-state index contributed by atoms with van der Waals surface area (Å²) in [5.41, 5.74) is 0.968. The summed E-state index contributed by atoms with van der Waals surface area (Å²) in [7, 11) is -3.66. The number of hydrogen-bond donors (Lipinski definition) is 1. The van der Waals surface area contributed by atoms with Crippen molar-refractivity contribution in [3.63, 3.8) is 0 Å². The van der Waals surface area contributed by atoms with E-state index >= 15 is 0 Å². The van der Waals surface area contributed by atoms with Crippen LogP contribution in [0.4, 0.5) is 0 Å². The van der Waals surface area contributed by atoms with Gasteiger partial charge in [-0.2, -0.15) is 0 Å². The molecule has 0 spiro atoms. The Morgan fingerprint density at radius 1 is 1.07 bits per heavy atom. The molecule has 1 fully saturated rings. The van der Waals surface area contributed by atoms with Gasteiger partial charge in [0.05, 0.1) is 24.7 Å². The van der Waals surface area contributed by atoms with Crippen LogP contribution in [0, 0.1) is 0 Å². The molecule has 1 N–H and O–H groups in total. The Kier molecular flexibility index (Phi) is 6.43. The van der Waals surface area contributed by atoms with Crippen molar-refractivity contribution in [1.29, 1.82) is 0 Å². The maximum absolute atomic E-state index is 12.9. The summed E-state index contributed by atoms with van der Waals surface area (Å²) in [6.07, 6.45) is 0. The Morgan fingerprint density at radius 2 is 1.80 bits per heavy atom. The van der Waals surface area contributed by atoms with Gasteiger partial charge in [0.25, 0.3) is 0 Å². The summed E-state index contributed by atoms with van der Waals surface area (Å²) in [5.74, 6) is 2.03. The molecule has 30 heavy (non-hydrogen) atoms. The van der Waals surface area contributed by atoms with Crippen molar-refractivity contribution in [2.24, 2.45) is 0 Å². The van der Waals surface area contributed by atoms with E-state index in [-0.39, 0.29) is 24.3 Å². The minimum absolute atomic E-state index is 0.152. The Balaban J connectivity index is 1.52. The average molecular weight is 435 g/mol. The van der Waals surface area contributed by atoms with Gasteiger partial charge in [0.15, 0.2) is 11.5 Å². The highest BCUT2D eigenvalue weighted by molar-refractivity contribution is 7.89. The zero-order chi connectivity index (χ0) is 21.0. The van der Waals surface area contributed by atoms with E-state index in [1.54, 1.807) is 24.3 Å². The second kappa shape index (κ2) is 9.22. The lowest BCUT2D eigenvalue weighted by molar-refractivity contribution is 0.0171. The van der Waals surface area contributed by atoms with Gasteiger partial charge < -0.3 is 18.9 Å². The van der Waals surface area contributed by atoms with E-state index in [4.69, 9.17) is 18.9 Å². The topological polar surface area (TPSA) is 86.3 Å². The Morgan fingerprint density at radius 3 is 2.53 bits per heavy atom. The first kappa shape index (κ1) is 20.9. The average Bonchev–Trinajstić information content (AvgIpc) is 3.23. The minimum Gasteiger partial charge on any atom is -0.494 e. The van der Waals surface area contributed by atoms with Crippen LogP contribution in [0.1, 0.15) is 18.5 Å². The molecule has 9 heteroatoms. The number of nitrogens with one attached hydrogen (secondary N) is 1. The predicted molar refractivity (Wildman–Crippen MR) is 110 cm³/mol. The molecule has 0 unspecified atom stereocenters. The molecule has 0 bridgehead atoms. The molecule has 2 aromatic rings. The lowest BCUT2D eigenvalue weighted by Gasteiger charge is -2.35. The van der Waals surface area contributed by atoms with Crippen molar-refractivity contribution in [3.05, 3.63) is 48.0 Å². The largest absolute Gasteiger partial charge is 0.494 e. The third-order valence-electron chi connectivity index (χ3n) is 5.18. The van der Waals surface area contributed by atoms with Crippen LogP contribution in [0.5, 0.6) is 17.2 Å². The van der Waals surface area contributed by atoms with Gasteiger partial charge >= 0.3 is 0 Å². The van der Waals surface area contributed by atoms with E-state index in [1.165, 1.54) is 0 Å². The zero-order valence-corrected chi connectivity index (χ0v) is 17.7.